The third-order valence-corrected chi connectivity index (χ3v) is 6.70. The summed E-state index contributed by atoms with van der Waals surface area (Å²) < 4.78 is 0. The van der Waals surface area contributed by atoms with Crippen LogP contribution in [0.25, 0.3) is 0 Å². The maximum Gasteiger partial charge on any atom is 0.230 e. The fourth-order valence-corrected chi connectivity index (χ4v) is 4.72. The quantitative estimate of drug-likeness (QED) is 0.788. The Morgan fingerprint density at radius 3 is 2.71 bits per heavy atom. The van der Waals surface area contributed by atoms with Crippen molar-refractivity contribution >= 4 is 11.8 Å². The Balaban J connectivity index is 1.22. The number of rotatable bonds is 7. The third-order valence-electron chi connectivity index (χ3n) is 6.70. The van der Waals surface area contributed by atoms with Gasteiger partial charge in [-0.05, 0) is 57.1 Å². The summed E-state index contributed by atoms with van der Waals surface area (Å²) in [5, 5.41) is 3.02. The minimum absolute atomic E-state index is 0.0897. The van der Waals surface area contributed by atoms with E-state index < -0.39 is 0 Å². The van der Waals surface area contributed by atoms with Crippen molar-refractivity contribution in [3.63, 3.8) is 0 Å². The van der Waals surface area contributed by atoms with Gasteiger partial charge in [-0.2, -0.15) is 0 Å². The van der Waals surface area contributed by atoms with E-state index in [0.29, 0.717) is 18.9 Å². The molecule has 1 aromatic rings. The van der Waals surface area contributed by atoms with Crippen molar-refractivity contribution < 1.29 is 9.59 Å². The number of hydrogen-bond acceptors (Lipinski definition) is 3. The predicted octanol–water partition coefficient (Wildman–Crippen LogP) is 2.73. The lowest BCUT2D eigenvalue weighted by molar-refractivity contribution is -0.145. The monoisotopic (exact) mass is 383 g/mol. The summed E-state index contributed by atoms with van der Waals surface area (Å²) in [7, 11) is 0. The predicted molar refractivity (Wildman–Crippen MR) is 110 cm³/mol. The van der Waals surface area contributed by atoms with Crippen molar-refractivity contribution in [2.75, 3.05) is 32.7 Å². The van der Waals surface area contributed by atoms with Crippen LogP contribution in [0.5, 0.6) is 0 Å². The van der Waals surface area contributed by atoms with Crippen molar-refractivity contribution in [3.8, 4) is 0 Å². The Labute approximate surface area is 168 Å². The summed E-state index contributed by atoms with van der Waals surface area (Å²) in [4.78, 5) is 29.8. The lowest BCUT2D eigenvalue weighted by Gasteiger charge is -2.39. The molecule has 0 bridgehead atoms. The van der Waals surface area contributed by atoms with Gasteiger partial charge in [0, 0.05) is 39.1 Å². The maximum absolute atomic E-state index is 13.1. The van der Waals surface area contributed by atoms with E-state index in [4.69, 9.17) is 0 Å². The molecular formula is C23H33N3O2. The first-order chi connectivity index (χ1) is 13.5. The minimum Gasteiger partial charge on any atom is -0.352 e. The highest BCUT2D eigenvalue weighted by Crippen LogP contribution is 2.41. The zero-order valence-electron chi connectivity index (χ0n) is 17.1. The molecule has 152 valence electrons. The van der Waals surface area contributed by atoms with Gasteiger partial charge in [0.1, 0.15) is 0 Å². The molecule has 1 N–H and O–H groups in total. The Morgan fingerprint density at radius 2 is 1.96 bits per heavy atom. The number of amides is 2. The summed E-state index contributed by atoms with van der Waals surface area (Å²) in [6, 6.07) is 8.25. The first kappa shape index (κ1) is 19.4. The molecule has 1 spiro atoms. The van der Waals surface area contributed by atoms with Gasteiger partial charge in [0.05, 0.1) is 5.41 Å². The lowest BCUT2D eigenvalue weighted by atomic mass is 9.78. The van der Waals surface area contributed by atoms with Crippen LogP contribution in [-0.4, -0.2) is 54.3 Å². The summed E-state index contributed by atoms with van der Waals surface area (Å²) in [5.74, 6) is 1.23. The highest BCUT2D eigenvalue weighted by atomic mass is 16.2. The number of likely N-dealkylation sites (tertiary alicyclic amines) is 2. The van der Waals surface area contributed by atoms with Crippen LogP contribution in [0.1, 0.15) is 49.7 Å². The maximum atomic E-state index is 13.1. The normalized spacial score (nSPS) is 25.5. The first-order valence-corrected chi connectivity index (χ1v) is 10.9. The zero-order valence-corrected chi connectivity index (χ0v) is 17.1. The van der Waals surface area contributed by atoms with Gasteiger partial charge in [-0.1, -0.05) is 29.8 Å². The molecule has 1 atom stereocenters. The van der Waals surface area contributed by atoms with Crippen molar-refractivity contribution in [2.45, 2.75) is 52.0 Å². The number of hydrogen-bond donors (Lipinski definition) is 1. The zero-order chi connectivity index (χ0) is 19.6. The van der Waals surface area contributed by atoms with Crippen molar-refractivity contribution in [1.29, 1.82) is 0 Å². The molecule has 0 radical (unpaired) electrons. The van der Waals surface area contributed by atoms with Gasteiger partial charge >= 0.3 is 0 Å². The number of carbonyl (C=O) groups excluding carboxylic acids is 2. The van der Waals surface area contributed by atoms with Crippen LogP contribution in [0, 0.1) is 18.3 Å². The van der Waals surface area contributed by atoms with E-state index in [0.717, 1.165) is 63.5 Å². The van der Waals surface area contributed by atoms with E-state index in [9.17, 15) is 9.59 Å². The molecule has 2 aliphatic heterocycles. The van der Waals surface area contributed by atoms with Crippen LogP contribution in [0.4, 0.5) is 0 Å². The Bertz CT molecular complexity index is 713. The highest BCUT2D eigenvalue weighted by Gasteiger charge is 2.48. The van der Waals surface area contributed by atoms with Crippen molar-refractivity contribution in [3.05, 3.63) is 35.4 Å². The molecule has 28 heavy (non-hydrogen) atoms. The number of nitrogens with zero attached hydrogens (tertiary/aromatic N) is 2. The van der Waals surface area contributed by atoms with Crippen LogP contribution < -0.4 is 5.32 Å². The second-order valence-corrected chi connectivity index (χ2v) is 9.12. The van der Waals surface area contributed by atoms with E-state index in [1.807, 2.05) is 0 Å². The Hall–Kier alpha value is -1.88. The molecule has 3 aliphatic rings. The lowest BCUT2D eigenvalue weighted by Crippen LogP contribution is -2.50. The van der Waals surface area contributed by atoms with Crippen LogP contribution in [0.3, 0.4) is 0 Å². The second-order valence-electron chi connectivity index (χ2n) is 9.12. The molecular weight excluding hydrogens is 350 g/mol. The second kappa shape index (κ2) is 8.24. The number of benzene rings is 1. The van der Waals surface area contributed by atoms with E-state index in [1.165, 1.54) is 18.4 Å². The summed E-state index contributed by atoms with van der Waals surface area (Å²) in [5.41, 5.74) is 2.18. The average molecular weight is 384 g/mol. The molecule has 1 saturated carbocycles. The Morgan fingerprint density at radius 1 is 1.18 bits per heavy atom. The largest absolute Gasteiger partial charge is 0.352 e. The standard InChI is InChI=1S/C23H33N3O2/c1-18-3-5-19(6-4-18)15-24-21(27)9-13-25-14-11-23(17-25)10-2-12-26(22(23)28)16-20-7-8-20/h3-6,20H,2,7-17H2,1H3,(H,24,27)/t23-/m1/s1. The number of nitrogens with one attached hydrogen (secondary N) is 1. The molecule has 2 amide bonds. The van der Waals surface area contributed by atoms with Crippen LogP contribution in [-0.2, 0) is 16.1 Å². The topological polar surface area (TPSA) is 52.7 Å². The molecule has 0 unspecified atom stereocenters. The molecule has 3 fully saturated rings. The molecule has 5 nitrogen and oxygen atoms in total. The fourth-order valence-electron chi connectivity index (χ4n) is 4.72. The van der Waals surface area contributed by atoms with E-state index in [-0.39, 0.29) is 11.3 Å². The summed E-state index contributed by atoms with van der Waals surface area (Å²) in [6.45, 7) is 7.08. The molecule has 5 heteroatoms. The van der Waals surface area contributed by atoms with Gasteiger partial charge in [-0.3, -0.25) is 9.59 Å². The third kappa shape index (κ3) is 4.57. The number of piperidine rings is 1. The van der Waals surface area contributed by atoms with E-state index in [2.05, 4.69) is 46.3 Å². The van der Waals surface area contributed by atoms with E-state index in [1.54, 1.807) is 0 Å². The SMILES string of the molecule is Cc1ccc(CNC(=O)CCN2CC[C@]3(CCCN(CC4CC4)C3=O)C2)cc1. The summed E-state index contributed by atoms with van der Waals surface area (Å²) in [6.07, 6.45) is 6.19. The van der Waals surface area contributed by atoms with E-state index >= 15 is 0 Å². The van der Waals surface area contributed by atoms with Gasteiger partial charge in [-0.25, -0.2) is 0 Å². The van der Waals surface area contributed by atoms with Crippen LogP contribution >= 0.6 is 0 Å². The van der Waals surface area contributed by atoms with Crippen molar-refractivity contribution in [1.82, 2.24) is 15.1 Å². The van der Waals surface area contributed by atoms with Gasteiger partial charge in [0.2, 0.25) is 11.8 Å². The minimum atomic E-state index is -0.175. The first-order valence-electron chi connectivity index (χ1n) is 10.9. The van der Waals surface area contributed by atoms with Crippen molar-refractivity contribution in [2.24, 2.45) is 11.3 Å². The van der Waals surface area contributed by atoms with Gasteiger partial charge in [0.25, 0.3) is 0 Å². The molecule has 0 aromatic heterocycles. The molecule has 1 aromatic carbocycles. The summed E-state index contributed by atoms with van der Waals surface area (Å²) >= 11 is 0. The molecule has 4 rings (SSSR count). The fraction of sp³-hybridized carbons (Fsp3) is 0.652. The number of aryl methyl sites for hydroxylation is 1. The Kier molecular flexibility index (Phi) is 5.72. The molecule has 2 saturated heterocycles. The molecule has 1 aliphatic carbocycles. The van der Waals surface area contributed by atoms with Gasteiger partial charge < -0.3 is 15.1 Å². The highest BCUT2D eigenvalue weighted by molar-refractivity contribution is 5.84. The number of carbonyl (C=O) groups is 2. The smallest absolute Gasteiger partial charge is 0.230 e. The van der Waals surface area contributed by atoms with Crippen LogP contribution in [0.2, 0.25) is 0 Å². The molecule has 2 heterocycles. The van der Waals surface area contributed by atoms with Gasteiger partial charge in [0.15, 0.2) is 0 Å². The van der Waals surface area contributed by atoms with Crippen LogP contribution in [0.15, 0.2) is 24.3 Å². The van der Waals surface area contributed by atoms with Gasteiger partial charge in [-0.15, -0.1) is 0 Å². The average Bonchev–Trinajstić information content (AvgIpc) is 3.42.